The summed E-state index contributed by atoms with van der Waals surface area (Å²) in [6.07, 6.45) is 1.53. The Morgan fingerprint density at radius 1 is 1.12 bits per heavy atom. The largest absolute Gasteiger partial charge is 0.334 e. The van der Waals surface area contributed by atoms with Crippen LogP contribution in [-0.2, 0) is 0 Å². The van der Waals surface area contributed by atoms with E-state index in [2.05, 4.69) is 42.2 Å². The van der Waals surface area contributed by atoms with Gasteiger partial charge in [0.1, 0.15) is 23.1 Å². The van der Waals surface area contributed by atoms with Crippen molar-refractivity contribution >= 4 is 43.4 Å². The molecule has 0 aliphatic carbocycles. The summed E-state index contributed by atoms with van der Waals surface area (Å²) in [5, 5.41) is 2.61. The van der Waals surface area contributed by atoms with Crippen LogP contribution in [0.3, 0.4) is 0 Å². The summed E-state index contributed by atoms with van der Waals surface area (Å²) in [7, 11) is 0. The lowest BCUT2D eigenvalue weighted by molar-refractivity contribution is 0.590. The van der Waals surface area contributed by atoms with Crippen molar-refractivity contribution in [2.75, 3.05) is 5.32 Å². The molecule has 2 aromatic rings. The van der Waals surface area contributed by atoms with E-state index >= 15 is 0 Å². The zero-order valence-electron chi connectivity index (χ0n) is 8.35. The number of nitrogens with zero attached hydrogens (tertiary/aromatic N) is 1. The van der Waals surface area contributed by atoms with Crippen LogP contribution in [0.25, 0.3) is 0 Å². The molecule has 0 unspecified atom stereocenters. The van der Waals surface area contributed by atoms with Gasteiger partial charge in [-0.1, -0.05) is 6.07 Å². The number of aromatic nitrogens is 1. The van der Waals surface area contributed by atoms with Gasteiger partial charge in [0.15, 0.2) is 0 Å². The summed E-state index contributed by atoms with van der Waals surface area (Å²) < 4.78 is 28.2. The Balaban J connectivity index is 2.38. The molecular formula is C11H6Br2F2N2. The Morgan fingerprint density at radius 3 is 2.35 bits per heavy atom. The van der Waals surface area contributed by atoms with Crippen molar-refractivity contribution in [1.29, 1.82) is 0 Å². The number of hydrogen-bond acceptors (Lipinski definition) is 2. The maximum absolute atomic E-state index is 13.4. The van der Waals surface area contributed by atoms with Crippen molar-refractivity contribution < 1.29 is 8.78 Å². The molecule has 1 N–H and O–H groups in total. The van der Waals surface area contributed by atoms with E-state index in [1.807, 2.05) is 0 Å². The molecule has 0 fully saturated rings. The molecule has 0 spiro atoms. The van der Waals surface area contributed by atoms with E-state index < -0.39 is 11.6 Å². The predicted molar refractivity (Wildman–Crippen MR) is 69.3 cm³/mol. The van der Waals surface area contributed by atoms with Crippen molar-refractivity contribution in [3.8, 4) is 0 Å². The first-order chi connectivity index (χ1) is 8.08. The molecule has 0 aliphatic heterocycles. The molecule has 0 aliphatic rings. The van der Waals surface area contributed by atoms with Crippen molar-refractivity contribution in [2.45, 2.75) is 0 Å². The van der Waals surface area contributed by atoms with Gasteiger partial charge in [0.2, 0.25) is 0 Å². The third kappa shape index (κ3) is 2.81. The highest BCUT2D eigenvalue weighted by molar-refractivity contribution is 9.11. The lowest BCUT2D eigenvalue weighted by Gasteiger charge is -2.09. The number of pyridine rings is 1. The molecular weight excluding hydrogens is 358 g/mol. The highest BCUT2D eigenvalue weighted by Gasteiger charge is 2.10. The van der Waals surface area contributed by atoms with E-state index in [9.17, 15) is 8.78 Å². The first kappa shape index (κ1) is 12.4. The van der Waals surface area contributed by atoms with E-state index in [1.54, 1.807) is 6.07 Å². The molecule has 0 atom stereocenters. The number of anilines is 2. The second-order valence-electron chi connectivity index (χ2n) is 3.21. The SMILES string of the molecule is Fc1cccc(F)c1Nc1ncc(Br)cc1Br. The lowest BCUT2D eigenvalue weighted by Crippen LogP contribution is -1.99. The summed E-state index contributed by atoms with van der Waals surface area (Å²) in [6.45, 7) is 0. The van der Waals surface area contributed by atoms with E-state index in [4.69, 9.17) is 0 Å². The fourth-order valence-electron chi connectivity index (χ4n) is 1.24. The Hall–Kier alpha value is -1.01. The molecule has 0 amide bonds. The maximum atomic E-state index is 13.4. The molecule has 88 valence electrons. The van der Waals surface area contributed by atoms with Crippen molar-refractivity contribution in [2.24, 2.45) is 0 Å². The van der Waals surface area contributed by atoms with Crippen LogP contribution in [0.2, 0.25) is 0 Å². The smallest absolute Gasteiger partial charge is 0.149 e. The number of nitrogens with one attached hydrogen (secondary N) is 1. The van der Waals surface area contributed by atoms with E-state index in [-0.39, 0.29) is 5.69 Å². The number of halogens is 4. The quantitative estimate of drug-likeness (QED) is 0.841. The Bertz CT molecular complexity index is 541. The minimum absolute atomic E-state index is 0.219. The number of benzene rings is 1. The number of hydrogen-bond donors (Lipinski definition) is 1. The first-order valence-electron chi connectivity index (χ1n) is 4.60. The third-order valence-corrected chi connectivity index (χ3v) is 3.05. The summed E-state index contributed by atoms with van der Waals surface area (Å²) in [5.74, 6) is -0.986. The summed E-state index contributed by atoms with van der Waals surface area (Å²) in [4.78, 5) is 4.02. The minimum Gasteiger partial charge on any atom is -0.334 e. The lowest BCUT2D eigenvalue weighted by atomic mass is 10.3. The standard InChI is InChI=1S/C11H6Br2F2N2/c12-6-4-7(13)11(16-5-6)17-10-8(14)2-1-3-9(10)15/h1-5H,(H,16,17). The van der Waals surface area contributed by atoms with E-state index in [1.165, 1.54) is 24.4 Å². The summed E-state index contributed by atoms with van der Waals surface area (Å²) in [5.41, 5.74) is -0.219. The highest BCUT2D eigenvalue weighted by Crippen LogP contribution is 2.28. The van der Waals surface area contributed by atoms with Gasteiger partial charge in [-0.3, -0.25) is 0 Å². The Labute approximate surface area is 113 Å². The van der Waals surface area contributed by atoms with Crippen molar-refractivity contribution in [1.82, 2.24) is 4.98 Å². The molecule has 0 saturated heterocycles. The molecule has 6 heteroatoms. The van der Waals surface area contributed by atoms with Crippen LogP contribution in [-0.4, -0.2) is 4.98 Å². The van der Waals surface area contributed by atoms with Gasteiger partial charge in [-0.25, -0.2) is 13.8 Å². The molecule has 2 rings (SSSR count). The fourth-order valence-corrected chi connectivity index (χ4v) is 2.33. The van der Waals surface area contributed by atoms with Crippen LogP contribution >= 0.6 is 31.9 Å². The number of para-hydroxylation sites is 1. The summed E-state index contributed by atoms with van der Waals surface area (Å²) in [6, 6.07) is 5.39. The third-order valence-electron chi connectivity index (χ3n) is 2.01. The van der Waals surface area contributed by atoms with Gasteiger partial charge in [-0.2, -0.15) is 0 Å². The van der Waals surface area contributed by atoms with Gasteiger partial charge < -0.3 is 5.32 Å². The van der Waals surface area contributed by atoms with Crippen LogP contribution in [0, 0.1) is 11.6 Å². The van der Waals surface area contributed by atoms with Crippen LogP contribution in [0.5, 0.6) is 0 Å². The Morgan fingerprint density at radius 2 is 1.76 bits per heavy atom. The monoisotopic (exact) mass is 362 g/mol. The normalized spacial score (nSPS) is 10.4. The Kier molecular flexibility index (Phi) is 3.73. The van der Waals surface area contributed by atoms with Crippen LogP contribution < -0.4 is 5.32 Å². The topological polar surface area (TPSA) is 24.9 Å². The molecule has 0 saturated carbocycles. The zero-order valence-corrected chi connectivity index (χ0v) is 11.5. The van der Waals surface area contributed by atoms with Gasteiger partial charge >= 0.3 is 0 Å². The fraction of sp³-hybridized carbons (Fsp3) is 0. The highest BCUT2D eigenvalue weighted by atomic mass is 79.9. The van der Waals surface area contributed by atoms with Crippen molar-refractivity contribution in [3.05, 3.63) is 51.0 Å². The predicted octanol–water partition coefficient (Wildman–Crippen LogP) is 4.63. The molecule has 1 aromatic carbocycles. The zero-order chi connectivity index (χ0) is 12.4. The van der Waals surface area contributed by atoms with Crippen LogP contribution in [0.15, 0.2) is 39.4 Å². The average molecular weight is 364 g/mol. The molecule has 1 heterocycles. The molecule has 1 aromatic heterocycles. The summed E-state index contributed by atoms with van der Waals surface area (Å²) >= 11 is 6.50. The average Bonchev–Trinajstić information content (AvgIpc) is 2.26. The molecule has 17 heavy (non-hydrogen) atoms. The van der Waals surface area contributed by atoms with Gasteiger partial charge in [0, 0.05) is 10.7 Å². The van der Waals surface area contributed by atoms with Gasteiger partial charge in [-0.15, -0.1) is 0 Å². The van der Waals surface area contributed by atoms with Crippen LogP contribution in [0.1, 0.15) is 0 Å². The first-order valence-corrected chi connectivity index (χ1v) is 6.18. The van der Waals surface area contributed by atoms with E-state index in [0.29, 0.717) is 10.3 Å². The van der Waals surface area contributed by atoms with Crippen LogP contribution in [0.4, 0.5) is 20.3 Å². The van der Waals surface area contributed by atoms with Crippen molar-refractivity contribution in [3.63, 3.8) is 0 Å². The van der Waals surface area contributed by atoms with E-state index in [0.717, 1.165) is 4.47 Å². The minimum atomic E-state index is -0.665. The number of rotatable bonds is 2. The molecule has 2 nitrogen and oxygen atoms in total. The maximum Gasteiger partial charge on any atom is 0.149 e. The van der Waals surface area contributed by atoms with Gasteiger partial charge in [0.25, 0.3) is 0 Å². The molecule has 0 radical (unpaired) electrons. The van der Waals surface area contributed by atoms with Gasteiger partial charge in [-0.05, 0) is 50.1 Å². The van der Waals surface area contributed by atoms with Gasteiger partial charge in [0.05, 0.1) is 4.47 Å². The second kappa shape index (κ2) is 5.10. The molecule has 0 bridgehead atoms. The second-order valence-corrected chi connectivity index (χ2v) is 4.98.